The first kappa shape index (κ1) is 17.9. The molecule has 5 heteroatoms. The smallest absolute Gasteiger partial charge is 0.275 e. The zero-order valence-corrected chi connectivity index (χ0v) is 14.9. The molecule has 3 aromatic rings. The Morgan fingerprint density at radius 2 is 1.73 bits per heavy atom. The van der Waals surface area contributed by atoms with Crippen molar-refractivity contribution in [2.24, 2.45) is 0 Å². The third kappa shape index (κ3) is 4.17. The standard InChI is InChI=1S/C21H23N3O2/c1-2-3-13-22-20(25)15-24-21(26)18-12-8-7-11-17(18)19(23-24)14-16-9-5-4-6-10-16/h4-12H,2-3,13-15H2,1H3,(H,22,25). The van der Waals surface area contributed by atoms with Gasteiger partial charge >= 0.3 is 0 Å². The number of aromatic nitrogens is 2. The molecule has 3 rings (SSSR count). The van der Waals surface area contributed by atoms with Crippen LogP contribution < -0.4 is 10.9 Å². The van der Waals surface area contributed by atoms with Crippen molar-refractivity contribution in [1.82, 2.24) is 15.1 Å². The maximum absolute atomic E-state index is 12.7. The Morgan fingerprint density at radius 3 is 2.46 bits per heavy atom. The molecule has 5 nitrogen and oxygen atoms in total. The van der Waals surface area contributed by atoms with E-state index in [1.54, 1.807) is 6.07 Å². The summed E-state index contributed by atoms with van der Waals surface area (Å²) in [5, 5.41) is 8.77. The first-order valence-electron chi connectivity index (χ1n) is 8.98. The van der Waals surface area contributed by atoms with E-state index in [4.69, 9.17) is 0 Å². The Labute approximate surface area is 152 Å². The topological polar surface area (TPSA) is 64.0 Å². The van der Waals surface area contributed by atoms with Gasteiger partial charge in [-0.2, -0.15) is 5.10 Å². The van der Waals surface area contributed by atoms with Crippen LogP contribution in [0.15, 0.2) is 59.4 Å². The van der Waals surface area contributed by atoms with Crippen molar-refractivity contribution >= 4 is 16.7 Å². The van der Waals surface area contributed by atoms with Gasteiger partial charge < -0.3 is 5.32 Å². The maximum Gasteiger partial charge on any atom is 0.275 e. The van der Waals surface area contributed by atoms with E-state index in [2.05, 4.69) is 17.3 Å². The predicted octanol–water partition coefficient (Wildman–Crippen LogP) is 2.90. The van der Waals surface area contributed by atoms with Crippen molar-refractivity contribution in [3.8, 4) is 0 Å². The predicted molar refractivity (Wildman–Crippen MR) is 103 cm³/mol. The Bertz CT molecular complexity index is 948. The molecule has 0 aliphatic carbocycles. The van der Waals surface area contributed by atoms with E-state index in [9.17, 15) is 9.59 Å². The number of carbonyl (C=O) groups is 1. The summed E-state index contributed by atoms with van der Waals surface area (Å²) >= 11 is 0. The van der Waals surface area contributed by atoms with Gasteiger partial charge in [0.2, 0.25) is 5.91 Å². The quantitative estimate of drug-likeness (QED) is 0.667. The molecule has 0 spiro atoms. The Kier molecular flexibility index (Phi) is 5.79. The summed E-state index contributed by atoms with van der Waals surface area (Å²) in [6.45, 7) is 2.63. The van der Waals surface area contributed by atoms with Gasteiger partial charge in [-0.3, -0.25) is 9.59 Å². The number of fused-ring (bicyclic) bond motifs is 1. The minimum atomic E-state index is -0.233. The number of hydrogen-bond donors (Lipinski definition) is 1. The summed E-state index contributed by atoms with van der Waals surface area (Å²) in [6, 6.07) is 17.4. The van der Waals surface area contributed by atoms with Crippen LogP contribution in [0.3, 0.4) is 0 Å². The molecule has 134 valence electrons. The van der Waals surface area contributed by atoms with Crippen LogP contribution in [-0.2, 0) is 17.8 Å². The van der Waals surface area contributed by atoms with Crippen LogP contribution in [0, 0.1) is 0 Å². The molecule has 0 saturated heterocycles. The number of amides is 1. The number of carbonyl (C=O) groups excluding carboxylic acids is 1. The first-order chi connectivity index (χ1) is 12.7. The molecule has 1 heterocycles. The van der Waals surface area contributed by atoms with Gasteiger partial charge in [-0.25, -0.2) is 4.68 Å². The minimum absolute atomic E-state index is 0.0603. The van der Waals surface area contributed by atoms with Crippen LogP contribution in [0.5, 0.6) is 0 Å². The van der Waals surface area contributed by atoms with Crippen LogP contribution >= 0.6 is 0 Å². The molecular weight excluding hydrogens is 326 g/mol. The molecule has 0 aliphatic rings. The average Bonchev–Trinajstić information content (AvgIpc) is 2.66. The monoisotopic (exact) mass is 349 g/mol. The molecule has 0 bridgehead atoms. The zero-order valence-electron chi connectivity index (χ0n) is 14.9. The van der Waals surface area contributed by atoms with E-state index in [-0.39, 0.29) is 18.0 Å². The highest BCUT2D eigenvalue weighted by Gasteiger charge is 2.13. The molecule has 1 amide bonds. The normalized spacial score (nSPS) is 10.8. The van der Waals surface area contributed by atoms with E-state index in [1.807, 2.05) is 48.5 Å². The van der Waals surface area contributed by atoms with Crippen molar-refractivity contribution in [3.63, 3.8) is 0 Å². The molecular formula is C21H23N3O2. The van der Waals surface area contributed by atoms with Crippen LogP contribution in [0.4, 0.5) is 0 Å². The van der Waals surface area contributed by atoms with E-state index in [0.717, 1.165) is 29.5 Å². The SMILES string of the molecule is CCCCNC(=O)Cn1nc(Cc2ccccc2)c2ccccc2c1=O. The molecule has 26 heavy (non-hydrogen) atoms. The van der Waals surface area contributed by atoms with Crippen molar-refractivity contribution in [3.05, 3.63) is 76.2 Å². The van der Waals surface area contributed by atoms with Crippen LogP contribution in [0.1, 0.15) is 31.0 Å². The second kappa shape index (κ2) is 8.43. The second-order valence-electron chi connectivity index (χ2n) is 6.32. The fourth-order valence-corrected chi connectivity index (χ4v) is 2.93. The van der Waals surface area contributed by atoms with Crippen LogP contribution in [0.2, 0.25) is 0 Å². The average molecular weight is 349 g/mol. The van der Waals surface area contributed by atoms with Gasteiger partial charge in [-0.05, 0) is 18.1 Å². The molecule has 1 N–H and O–H groups in total. The number of nitrogens with one attached hydrogen (secondary N) is 1. The highest BCUT2D eigenvalue weighted by Crippen LogP contribution is 2.16. The van der Waals surface area contributed by atoms with Gasteiger partial charge in [-0.1, -0.05) is 61.9 Å². The molecule has 0 unspecified atom stereocenters. The highest BCUT2D eigenvalue weighted by atomic mass is 16.2. The van der Waals surface area contributed by atoms with Crippen molar-refractivity contribution < 1.29 is 4.79 Å². The van der Waals surface area contributed by atoms with Crippen molar-refractivity contribution in [1.29, 1.82) is 0 Å². The van der Waals surface area contributed by atoms with Gasteiger partial charge in [-0.15, -0.1) is 0 Å². The molecule has 0 saturated carbocycles. The number of hydrogen-bond acceptors (Lipinski definition) is 3. The fourth-order valence-electron chi connectivity index (χ4n) is 2.93. The van der Waals surface area contributed by atoms with Gasteiger partial charge in [0.05, 0.1) is 11.1 Å². The lowest BCUT2D eigenvalue weighted by Crippen LogP contribution is -2.34. The summed E-state index contributed by atoms with van der Waals surface area (Å²) < 4.78 is 1.28. The maximum atomic E-state index is 12.7. The third-order valence-electron chi connectivity index (χ3n) is 4.30. The molecule has 2 aromatic carbocycles. The molecule has 0 radical (unpaired) electrons. The first-order valence-corrected chi connectivity index (χ1v) is 8.98. The van der Waals surface area contributed by atoms with E-state index < -0.39 is 0 Å². The second-order valence-corrected chi connectivity index (χ2v) is 6.32. The Balaban J connectivity index is 1.95. The van der Waals surface area contributed by atoms with Crippen LogP contribution in [-0.4, -0.2) is 22.2 Å². The summed E-state index contributed by atoms with van der Waals surface area (Å²) in [4.78, 5) is 24.9. The van der Waals surface area contributed by atoms with Gasteiger partial charge in [0.1, 0.15) is 6.54 Å². The Hall–Kier alpha value is -2.95. The number of rotatable bonds is 7. The number of benzene rings is 2. The van der Waals surface area contributed by atoms with Crippen molar-refractivity contribution in [2.45, 2.75) is 32.7 Å². The largest absolute Gasteiger partial charge is 0.354 e. The summed E-state index contributed by atoms with van der Waals surface area (Å²) in [6.07, 6.45) is 2.54. The Morgan fingerprint density at radius 1 is 1.04 bits per heavy atom. The van der Waals surface area contributed by atoms with Gasteiger partial charge in [0, 0.05) is 18.4 Å². The van der Waals surface area contributed by atoms with E-state index >= 15 is 0 Å². The lowest BCUT2D eigenvalue weighted by atomic mass is 10.0. The fraction of sp³-hybridized carbons (Fsp3) is 0.286. The number of unbranched alkanes of at least 4 members (excludes halogenated alkanes) is 1. The summed E-state index contributed by atoms with van der Waals surface area (Å²) in [5.41, 5.74) is 1.68. The highest BCUT2D eigenvalue weighted by molar-refractivity contribution is 5.84. The molecule has 0 aliphatic heterocycles. The van der Waals surface area contributed by atoms with Gasteiger partial charge in [0.25, 0.3) is 5.56 Å². The van der Waals surface area contributed by atoms with Crippen LogP contribution in [0.25, 0.3) is 10.8 Å². The van der Waals surface area contributed by atoms with E-state index in [0.29, 0.717) is 18.4 Å². The van der Waals surface area contributed by atoms with E-state index in [1.165, 1.54) is 4.68 Å². The lowest BCUT2D eigenvalue weighted by Gasteiger charge is -2.11. The third-order valence-corrected chi connectivity index (χ3v) is 4.30. The molecule has 0 atom stereocenters. The summed E-state index contributed by atoms with van der Waals surface area (Å²) in [5.74, 6) is -0.186. The number of nitrogens with zero attached hydrogens (tertiary/aromatic N) is 2. The van der Waals surface area contributed by atoms with Crippen molar-refractivity contribution in [2.75, 3.05) is 6.54 Å². The zero-order chi connectivity index (χ0) is 18.4. The lowest BCUT2D eigenvalue weighted by molar-refractivity contribution is -0.121. The van der Waals surface area contributed by atoms with Gasteiger partial charge in [0.15, 0.2) is 0 Å². The minimum Gasteiger partial charge on any atom is -0.354 e. The molecule has 0 fully saturated rings. The summed E-state index contributed by atoms with van der Waals surface area (Å²) in [7, 11) is 0. The molecule has 1 aromatic heterocycles.